The van der Waals surface area contributed by atoms with E-state index in [1.807, 2.05) is 99.6 Å². The molecule has 0 spiro atoms. The zero-order valence-electron chi connectivity index (χ0n) is 26.7. The highest BCUT2D eigenvalue weighted by atomic mass is 14.5. The van der Waals surface area contributed by atoms with E-state index in [0.29, 0.717) is 0 Å². The Morgan fingerprint density at radius 3 is 1.66 bits per heavy atom. The minimum atomic E-state index is -0.475. The average molecular weight is 515 g/mol. The van der Waals surface area contributed by atoms with E-state index >= 15 is 0 Å². The summed E-state index contributed by atoms with van der Waals surface area (Å²) in [5.41, 5.74) is 6.52. The molecule has 1 unspecified atom stereocenters. The van der Waals surface area contributed by atoms with Crippen molar-refractivity contribution >= 4 is 5.57 Å². The van der Waals surface area contributed by atoms with Crippen molar-refractivity contribution in [3.05, 3.63) is 152 Å². The molecule has 0 radical (unpaired) electrons. The summed E-state index contributed by atoms with van der Waals surface area (Å²) >= 11 is 0. The molecule has 1 atom stereocenters. The third-order valence-corrected chi connectivity index (χ3v) is 4.96. The Morgan fingerprint density at radius 2 is 1.26 bits per heavy atom. The van der Waals surface area contributed by atoms with Crippen LogP contribution in [0.3, 0.4) is 0 Å². The first-order chi connectivity index (χ1) is 18.6. The quantitative estimate of drug-likeness (QED) is 0.239. The summed E-state index contributed by atoms with van der Waals surface area (Å²) in [5.74, 6) is 0. The van der Waals surface area contributed by atoms with Crippen molar-refractivity contribution in [2.24, 2.45) is 0 Å². The molecule has 0 bridgehead atoms. The summed E-state index contributed by atoms with van der Waals surface area (Å²) < 4.78 is 0. The van der Waals surface area contributed by atoms with Gasteiger partial charge in [0, 0.05) is 0 Å². The molecule has 1 aliphatic carbocycles. The summed E-state index contributed by atoms with van der Waals surface area (Å²) in [4.78, 5) is 0. The van der Waals surface area contributed by atoms with Gasteiger partial charge >= 0.3 is 0 Å². The molecule has 38 heavy (non-hydrogen) atoms. The molecule has 0 amide bonds. The lowest BCUT2D eigenvalue weighted by Gasteiger charge is -2.36. The van der Waals surface area contributed by atoms with Crippen LogP contribution in [0, 0.1) is 0 Å². The summed E-state index contributed by atoms with van der Waals surface area (Å²) in [7, 11) is 0. The number of fused-ring (bicyclic) bond motifs is 1. The molecule has 1 aromatic rings. The molecule has 0 nitrogen and oxygen atoms in total. The molecule has 210 valence electrons. The molecular weight excluding hydrogens is 456 g/mol. The third-order valence-electron chi connectivity index (χ3n) is 4.96. The Hall–Kier alpha value is -3.38. The monoisotopic (exact) mass is 514 g/mol. The van der Waals surface area contributed by atoms with Gasteiger partial charge in [0.2, 0.25) is 0 Å². The number of hydrogen-bond donors (Lipinski definition) is 0. The van der Waals surface area contributed by atoms with Gasteiger partial charge in [0.05, 0.1) is 5.41 Å². The summed E-state index contributed by atoms with van der Waals surface area (Å²) in [6.45, 7) is 41.4. The van der Waals surface area contributed by atoms with Gasteiger partial charge in [0.15, 0.2) is 0 Å². The lowest BCUT2D eigenvalue weighted by molar-refractivity contribution is 0.757. The first-order valence-corrected chi connectivity index (χ1v) is 14.2. The van der Waals surface area contributed by atoms with Crippen LogP contribution in [0.5, 0.6) is 0 Å². The Labute approximate surface area is 238 Å². The van der Waals surface area contributed by atoms with E-state index in [1.54, 1.807) is 12.2 Å². The maximum atomic E-state index is 4.12. The third kappa shape index (κ3) is 10.5. The fraction of sp³-hybridized carbons (Fsp3) is 0.316. The van der Waals surface area contributed by atoms with Crippen molar-refractivity contribution in [2.45, 2.75) is 81.6 Å². The van der Waals surface area contributed by atoms with Gasteiger partial charge in [0.25, 0.3) is 0 Å². The molecule has 0 aromatic heterocycles. The van der Waals surface area contributed by atoms with Crippen molar-refractivity contribution < 1.29 is 0 Å². The van der Waals surface area contributed by atoms with Crippen molar-refractivity contribution in [3.63, 3.8) is 0 Å². The van der Waals surface area contributed by atoms with Crippen LogP contribution in [-0.4, -0.2) is 0 Å². The largest absolute Gasteiger partial charge is 0.103 e. The van der Waals surface area contributed by atoms with Crippen LogP contribution >= 0.6 is 0 Å². The molecule has 0 saturated heterocycles. The van der Waals surface area contributed by atoms with Gasteiger partial charge in [-0.3, -0.25) is 0 Å². The van der Waals surface area contributed by atoms with E-state index < -0.39 is 5.41 Å². The first-order valence-electron chi connectivity index (χ1n) is 14.2. The minimum Gasteiger partial charge on any atom is -0.103 e. The van der Waals surface area contributed by atoms with Crippen LogP contribution in [0.1, 0.15) is 87.3 Å². The van der Waals surface area contributed by atoms with Crippen LogP contribution in [-0.2, 0) is 5.41 Å². The number of benzene rings is 1. The molecular formula is C38H58. The van der Waals surface area contributed by atoms with E-state index in [-0.39, 0.29) is 0 Å². The van der Waals surface area contributed by atoms with Crippen LogP contribution in [0.2, 0.25) is 0 Å². The van der Waals surface area contributed by atoms with Crippen molar-refractivity contribution in [2.75, 3.05) is 0 Å². The van der Waals surface area contributed by atoms with Crippen LogP contribution in [0.4, 0.5) is 0 Å². The maximum Gasteiger partial charge on any atom is 0.0710 e. The van der Waals surface area contributed by atoms with Gasteiger partial charge in [-0.05, 0) is 54.2 Å². The summed E-state index contributed by atoms with van der Waals surface area (Å²) in [6, 6.07) is 8.52. The summed E-state index contributed by atoms with van der Waals surface area (Å²) in [6.07, 6.45) is 21.8. The van der Waals surface area contributed by atoms with E-state index in [9.17, 15) is 0 Å². The molecule has 0 fully saturated rings. The minimum absolute atomic E-state index is 0.475. The fourth-order valence-corrected chi connectivity index (χ4v) is 4.01. The van der Waals surface area contributed by atoms with Gasteiger partial charge in [-0.25, -0.2) is 0 Å². The molecule has 0 saturated carbocycles. The molecule has 0 heteroatoms. The standard InChI is InChI=1S/C27H28.C3H6.4C2H6/c1-7-13-18-22(11-5)27(21(10-4)16-8-2)25(17-9-3)23(12-6)24-19-14-15-20-26(24)27;1-3-2;4*1-2/h7-20H,1-2,4,6H2,3,5H3;3H,1H2,2H3;4*1-2H3/b17-9-,18-13-,21-16+,22-11+;;;;;. The lowest BCUT2D eigenvalue weighted by atomic mass is 9.65. The van der Waals surface area contributed by atoms with Gasteiger partial charge in [-0.1, -0.05) is 173 Å². The van der Waals surface area contributed by atoms with Gasteiger partial charge in [-0.2, -0.15) is 0 Å². The lowest BCUT2D eigenvalue weighted by Crippen LogP contribution is -2.30. The van der Waals surface area contributed by atoms with Crippen molar-refractivity contribution in [1.29, 1.82) is 0 Å². The second-order valence-corrected chi connectivity index (χ2v) is 6.64. The van der Waals surface area contributed by atoms with E-state index in [4.69, 9.17) is 0 Å². The highest BCUT2D eigenvalue weighted by Crippen LogP contribution is 2.56. The zero-order chi connectivity index (χ0) is 30.6. The van der Waals surface area contributed by atoms with Crippen molar-refractivity contribution in [1.82, 2.24) is 0 Å². The first kappa shape index (κ1) is 41.7. The van der Waals surface area contributed by atoms with Crippen molar-refractivity contribution in [3.8, 4) is 0 Å². The normalized spacial score (nSPS) is 15.3. The predicted molar refractivity (Wildman–Crippen MR) is 183 cm³/mol. The Bertz CT molecular complexity index is 954. The number of allylic oxidation sites excluding steroid dienone is 15. The SMILES string of the molecule is C=C/C=C\C(=C/C)C1(/C(C=C)=C/C=C)C(/C=C\C)=C(C=C)c2ccccc21.C=CC.CC.CC.CC.CC. The Kier molecular flexibility index (Phi) is 31.0. The second kappa shape index (κ2) is 28.2. The molecule has 0 N–H and O–H groups in total. The van der Waals surface area contributed by atoms with E-state index in [0.717, 1.165) is 16.7 Å². The topological polar surface area (TPSA) is 0 Å². The Morgan fingerprint density at radius 1 is 0.737 bits per heavy atom. The number of rotatable bonds is 8. The fourth-order valence-electron chi connectivity index (χ4n) is 4.01. The van der Waals surface area contributed by atoms with Gasteiger partial charge < -0.3 is 0 Å². The summed E-state index contributed by atoms with van der Waals surface area (Å²) in [5, 5.41) is 0. The van der Waals surface area contributed by atoms with Gasteiger partial charge in [-0.15, -0.1) is 6.58 Å². The van der Waals surface area contributed by atoms with E-state index in [1.165, 1.54) is 16.7 Å². The maximum absolute atomic E-state index is 4.12. The molecule has 0 heterocycles. The number of hydrogen-bond acceptors (Lipinski definition) is 0. The van der Waals surface area contributed by atoms with Crippen LogP contribution in [0.25, 0.3) is 5.57 Å². The zero-order valence-corrected chi connectivity index (χ0v) is 26.7. The van der Waals surface area contributed by atoms with Crippen LogP contribution in [0.15, 0.2) is 141 Å². The molecule has 1 aliphatic rings. The van der Waals surface area contributed by atoms with E-state index in [2.05, 4.69) is 88.4 Å². The predicted octanol–water partition coefficient (Wildman–Crippen LogP) is 12.7. The van der Waals surface area contributed by atoms with Crippen LogP contribution < -0.4 is 0 Å². The highest BCUT2D eigenvalue weighted by molar-refractivity contribution is 5.92. The molecule has 1 aromatic carbocycles. The molecule has 2 rings (SSSR count). The smallest absolute Gasteiger partial charge is 0.0710 e. The van der Waals surface area contributed by atoms with Gasteiger partial charge in [0.1, 0.15) is 0 Å². The highest BCUT2D eigenvalue weighted by Gasteiger charge is 2.46. The second-order valence-electron chi connectivity index (χ2n) is 6.64. The Balaban J connectivity index is -0.000000461. The average Bonchev–Trinajstić information content (AvgIpc) is 3.26. The molecule has 0 aliphatic heterocycles.